The smallest absolute Gasteiger partial charge is 0.159 e. The summed E-state index contributed by atoms with van der Waals surface area (Å²) in [5, 5.41) is 0. The summed E-state index contributed by atoms with van der Waals surface area (Å²) in [5.41, 5.74) is 3.67. The molecular weight excluding hydrogens is 340 g/mol. The van der Waals surface area contributed by atoms with E-state index in [1.807, 2.05) is 0 Å². The van der Waals surface area contributed by atoms with Crippen LogP contribution in [0, 0.1) is 46.8 Å². The molecule has 2 saturated carbocycles. The van der Waals surface area contributed by atoms with Gasteiger partial charge in [-0.3, -0.25) is 4.79 Å². The summed E-state index contributed by atoms with van der Waals surface area (Å²) in [4.78, 5) is 13.4. The van der Waals surface area contributed by atoms with Gasteiger partial charge < -0.3 is 0 Å². The van der Waals surface area contributed by atoms with Crippen LogP contribution in [0.2, 0.25) is 0 Å². The number of ketones is 1. The molecule has 28 heavy (non-hydrogen) atoms. The van der Waals surface area contributed by atoms with Gasteiger partial charge in [-0.15, -0.1) is 0 Å². The van der Waals surface area contributed by atoms with Crippen LogP contribution in [-0.2, 0) is 4.79 Å². The lowest BCUT2D eigenvalue weighted by molar-refractivity contribution is -0.120. The Bertz CT molecular complexity index is 643. The van der Waals surface area contributed by atoms with Gasteiger partial charge in [0.05, 0.1) is 0 Å². The molecule has 4 rings (SSSR count). The predicted octanol–water partition coefficient (Wildman–Crippen LogP) is 7.56. The topological polar surface area (TPSA) is 17.1 Å². The molecule has 0 unspecified atom stereocenters. The van der Waals surface area contributed by atoms with Gasteiger partial charge in [-0.1, -0.05) is 59.5 Å². The Morgan fingerprint density at radius 3 is 2.64 bits per heavy atom. The van der Waals surface area contributed by atoms with E-state index in [9.17, 15) is 4.79 Å². The van der Waals surface area contributed by atoms with Crippen molar-refractivity contribution < 1.29 is 4.79 Å². The van der Waals surface area contributed by atoms with Crippen LogP contribution in [0.5, 0.6) is 0 Å². The molecule has 2 fully saturated rings. The first-order valence-corrected chi connectivity index (χ1v) is 12.4. The van der Waals surface area contributed by atoms with Crippen molar-refractivity contribution in [2.45, 2.75) is 105 Å². The number of hydrogen-bond donors (Lipinski definition) is 0. The lowest BCUT2D eigenvalue weighted by Crippen LogP contribution is -2.46. The first-order chi connectivity index (χ1) is 13.3. The molecule has 0 heterocycles. The molecule has 0 aromatic rings. The lowest BCUT2D eigenvalue weighted by Gasteiger charge is -2.53. The van der Waals surface area contributed by atoms with Crippen LogP contribution < -0.4 is 0 Å². The van der Waals surface area contributed by atoms with Gasteiger partial charge in [0.1, 0.15) is 0 Å². The van der Waals surface area contributed by atoms with E-state index in [-0.39, 0.29) is 0 Å². The maximum atomic E-state index is 13.4. The molecule has 0 aliphatic heterocycles. The maximum Gasteiger partial charge on any atom is 0.159 e. The van der Waals surface area contributed by atoms with E-state index in [1.165, 1.54) is 63.4 Å². The highest BCUT2D eigenvalue weighted by atomic mass is 16.1. The highest BCUT2D eigenvalue weighted by molar-refractivity contribution is 5.98. The number of allylic oxidation sites excluding steroid dienone is 2. The fourth-order valence-corrected chi connectivity index (χ4v) is 8.00. The van der Waals surface area contributed by atoms with Crippen molar-refractivity contribution in [1.29, 1.82) is 0 Å². The average Bonchev–Trinajstić information content (AvgIpc) is 2.99. The number of hydrogen-bond acceptors (Lipinski definition) is 1. The molecule has 0 spiro atoms. The van der Waals surface area contributed by atoms with Gasteiger partial charge in [0, 0.05) is 6.42 Å². The van der Waals surface area contributed by atoms with Crippen molar-refractivity contribution in [2.75, 3.05) is 0 Å². The zero-order valence-electron chi connectivity index (χ0n) is 19.2. The highest BCUT2D eigenvalue weighted by Gasteiger charge is 2.57. The van der Waals surface area contributed by atoms with Gasteiger partial charge in [-0.05, 0) is 97.4 Å². The molecule has 1 heteroatoms. The Balaban J connectivity index is 1.58. The molecule has 0 bridgehead atoms. The molecular formula is C27H43O. The van der Waals surface area contributed by atoms with Crippen molar-refractivity contribution in [3.63, 3.8) is 0 Å². The van der Waals surface area contributed by atoms with Gasteiger partial charge in [0.2, 0.25) is 0 Å². The van der Waals surface area contributed by atoms with Crippen LogP contribution in [0.15, 0.2) is 11.1 Å². The molecule has 1 radical (unpaired) electrons. The molecule has 0 saturated heterocycles. The largest absolute Gasteiger partial charge is 0.295 e. The average molecular weight is 384 g/mol. The molecule has 1 nitrogen and oxygen atoms in total. The van der Waals surface area contributed by atoms with E-state index in [0.29, 0.717) is 28.4 Å². The summed E-state index contributed by atoms with van der Waals surface area (Å²) in [6.45, 7) is 12.3. The van der Waals surface area contributed by atoms with Gasteiger partial charge in [0.15, 0.2) is 5.78 Å². The number of carbonyl (C=O) groups is 1. The summed E-state index contributed by atoms with van der Waals surface area (Å²) in [6.07, 6.45) is 16.2. The SMILES string of the molecule is CC(C)CCC[C@@H](C)[C@H]1CC[C@H]2C3=C(CC[C@]12C)[C@@]1(C)CC[CH]C[C@@H]1CC3=O. The van der Waals surface area contributed by atoms with Crippen molar-refractivity contribution in [2.24, 2.45) is 40.4 Å². The van der Waals surface area contributed by atoms with Crippen LogP contribution in [-0.4, -0.2) is 5.78 Å². The number of rotatable bonds is 5. The Labute approximate surface area is 174 Å². The number of Topliss-reactive ketones (excluding diaryl/α,β-unsaturated/α-hetero) is 1. The fraction of sp³-hybridized carbons (Fsp3) is 0.852. The van der Waals surface area contributed by atoms with E-state index in [4.69, 9.17) is 0 Å². The minimum Gasteiger partial charge on any atom is -0.295 e. The third kappa shape index (κ3) is 3.24. The zero-order valence-corrected chi connectivity index (χ0v) is 19.2. The summed E-state index contributed by atoms with van der Waals surface area (Å²) < 4.78 is 0. The second kappa shape index (κ2) is 7.59. The van der Waals surface area contributed by atoms with Crippen molar-refractivity contribution >= 4 is 5.78 Å². The Morgan fingerprint density at radius 1 is 1.11 bits per heavy atom. The molecule has 0 N–H and O–H groups in total. The third-order valence-corrected chi connectivity index (χ3v) is 9.77. The first-order valence-electron chi connectivity index (χ1n) is 12.4. The molecule has 6 atom stereocenters. The van der Waals surface area contributed by atoms with E-state index < -0.39 is 0 Å². The second-order valence-electron chi connectivity index (χ2n) is 11.7. The minimum absolute atomic E-state index is 0.320. The Hall–Kier alpha value is -0.590. The summed E-state index contributed by atoms with van der Waals surface area (Å²) in [5.74, 6) is 4.13. The van der Waals surface area contributed by atoms with Gasteiger partial charge in [-0.25, -0.2) is 0 Å². The van der Waals surface area contributed by atoms with Crippen LogP contribution in [0.1, 0.15) is 105 Å². The fourth-order valence-electron chi connectivity index (χ4n) is 8.00. The minimum atomic E-state index is 0.320. The van der Waals surface area contributed by atoms with Gasteiger partial charge in [0.25, 0.3) is 0 Å². The molecule has 4 aliphatic carbocycles. The summed E-state index contributed by atoms with van der Waals surface area (Å²) in [6, 6.07) is 0. The van der Waals surface area contributed by atoms with Crippen molar-refractivity contribution in [1.82, 2.24) is 0 Å². The normalized spacial score (nSPS) is 41.6. The molecule has 4 aliphatic rings. The van der Waals surface area contributed by atoms with Crippen LogP contribution >= 0.6 is 0 Å². The lowest BCUT2D eigenvalue weighted by atomic mass is 9.50. The second-order valence-corrected chi connectivity index (χ2v) is 11.7. The van der Waals surface area contributed by atoms with Crippen LogP contribution in [0.25, 0.3) is 0 Å². The van der Waals surface area contributed by atoms with E-state index in [0.717, 1.165) is 30.6 Å². The summed E-state index contributed by atoms with van der Waals surface area (Å²) >= 11 is 0. The summed E-state index contributed by atoms with van der Waals surface area (Å²) in [7, 11) is 0. The maximum absolute atomic E-state index is 13.4. The standard InChI is InChI=1S/C27H43O/c1-18(2)9-8-10-19(3)21-12-13-22-25-23(14-16-27(21,22)5)26(4)15-7-6-11-20(26)17-24(25)28/h6,18-22H,7-17H2,1-5H3/t19-,20-,21-,22+,26+,27-/m1/s1. The van der Waals surface area contributed by atoms with Gasteiger partial charge in [-0.2, -0.15) is 0 Å². The van der Waals surface area contributed by atoms with Gasteiger partial charge >= 0.3 is 0 Å². The number of fused-ring (bicyclic) bond motifs is 4. The van der Waals surface area contributed by atoms with Crippen LogP contribution in [0.4, 0.5) is 0 Å². The number of carbonyl (C=O) groups excluding carboxylic acids is 1. The third-order valence-electron chi connectivity index (χ3n) is 9.77. The van der Waals surface area contributed by atoms with Crippen molar-refractivity contribution in [3.8, 4) is 0 Å². The first kappa shape index (κ1) is 20.7. The van der Waals surface area contributed by atoms with E-state index in [2.05, 4.69) is 41.0 Å². The van der Waals surface area contributed by atoms with E-state index >= 15 is 0 Å². The molecule has 0 amide bonds. The van der Waals surface area contributed by atoms with E-state index in [1.54, 1.807) is 5.57 Å². The Kier molecular flexibility index (Phi) is 5.60. The zero-order chi connectivity index (χ0) is 20.1. The quantitative estimate of drug-likeness (QED) is 0.479. The monoisotopic (exact) mass is 383 g/mol. The molecule has 0 aromatic carbocycles. The highest BCUT2D eigenvalue weighted by Crippen LogP contribution is 2.65. The predicted molar refractivity (Wildman–Crippen MR) is 118 cm³/mol. The molecule has 157 valence electrons. The molecule has 0 aromatic heterocycles. The Morgan fingerprint density at radius 2 is 1.89 bits per heavy atom. The van der Waals surface area contributed by atoms with Crippen molar-refractivity contribution in [3.05, 3.63) is 17.6 Å². The van der Waals surface area contributed by atoms with Crippen LogP contribution in [0.3, 0.4) is 0 Å².